The van der Waals surface area contributed by atoms with Gasteiger partial charge < -0.3 is 42.7 Å². The Morgan fingerprint density at radius 2 is 1.07 bits per heavy atom. The molecule has 0 spiro atoms. The number of aliphatic carboxylic acids is 5. The molecule has 3 atom stereocenters. The zero-order valence-corrected chi connectivity index (χ0v) is 15.6. The van der Waals surface area contributed by atoms with Gasteiger partial charge in [0.15, 0.2) is 0 Å². The van der Waals surface area contributed by atoms with Gasteiger partial charge in [-0.15, -0.1) is 0 Å². The maximum atomic E-state index is 10.1. The van der Waals surface area contributed by atoms with Crippen molar-refractivity contribution in [2.75, 3.05) is 0 Å². The molecule has 0 amide bonds. The van der Waals surface area contributed by atoms with Crippen LogP contribution in [0.3, 0.4) is 0 Å². The van der Waals surface area contributed by atoms with Crippen LogP contribution in [0.1, 0.15) is 39.5 Å². The first-order valence-electron chi connectivity index (χ1n) is 8.00. The smallest absolute Gasteiger partial charge is 0.321 e. The molecule has 0 bridgehead atoms. The minimum atomic E-state index is -1.29. The maximum absolute atomic E-state index is 10.1. The molecule has 0 rings (SSSR count). The Labute approximate surface area is 161 Å². The third kappa shape index (κ3) is 23.2. The molecular formula is C15H29N3O10. The summed E-state index contributed by atoms with van der Waals surface area (Å²) in [5.74, 6) is -5.25. The van der Waals surface area contributed by atoms with E-state index in [9.17, 15) is 24.0 Å². The van der Waals surface area contributed by atoms with E-state index >= 15 is 0 Å². The molecule has 13 nitrogen and oxygen atoms in total. The third-order valence-electron chi connectivity index (χ3n) is 2.74. The lowest BCUT2D eigenvalue weighted by molar-refractivity contribution is -0.144. The summed E-state index contributed by atoms with van der Waals surface area (Å²) in [6.07, 6.45) is -0.206. The van der Waals surface area contributed by atoms with Crippen LogP contribution in [0.2, 0.25) is 0 Å². The van der Waals surface area contributed by atoms with E-state index in [1.807, 2.05) is 13.8 Å². The number of carboxylic acid groups (broad SMARTS) is 5. The highest BCUT2D eigenvalue weighted by Crippen LogP contribution is 2.01. The van der Waals surface area contributed by atoms with Gasteiger partial charge in [-0.3, -0.25) is 24.0 Å². The van der Waals surface area contributed by atoms with E-state index in [4.69, 9.17) is 42.7 Å². The van der Waals surface area contributed by atoms with Crippen LogP contribution in [0, 0.1) is 5.92 Å². The molecule has 0 aromatic carbocycles. The van der Waals surface area contributed by atoms with Gasteiger partial charge in [-0.05, 0) is 18.8 Å². The predicted molar refractivity (Wildman–Crippen MR) is 95.4 cm³/mol. The molecule has 0 saturated carbocycles. The number of carbonyl (C=O) groups is 5. The summed E-state index contributed by atoms with van der Waals surface area (Å²) in [6, 6.07) is -3.04. The zero-order valence-electron chi connectivity index (χ0n) is 15.6. The number of rotatable bonds is 10. The van der Waals surface area contributed by atoms with E-state index in [1.54, 1.807) is 0 Å². The molecule has 0 aliphatic rings. The average Bonchev–Trinajstić information content (AvgIpc) is 2.52. The second kappa shape index (κ2) is 16.4. The highest BCUT2D eigenvalue weighted by Gasteiger charge is 2.14. The van der Waals surface area contributed by atoms with Gasteiger partial charge in [-0.25, -0.2) is 0 Å². The van der Waals surface area contributed by atoms with E-state index in [-0.39, 0.29) is 12.8 Å². The Hall–Kier alpha value is -2.77. The van der Waals surface area contributed by atoms with Crippen LogP contribution in [-0.2, 0) is 24.0 Å². The first-order chi connectivity index (χ1) is 12.6. The molecule has 0 aromatic rings. The van der Waals surface area contributed by atoms with Crippen LogP contribution >= 0.6 is 0 Å². The van der Waals surface area contributed by atoms with Crippen LogP contribution in [-0.4, -0.2) is 73.5 Å². The van der Waals surface area contributed by atoms with Gasteiger partial charge >= 0.3 is 29.8 Å². The maximum Gasteiger partial charge on any atom is 0.321 e. The summed E-state index contributed by atoms with van der Waals surface area (Å²) in [7, 11) is 0. The quantitative estimate of drug-likeness (QED) is 0.205. The Kier molecular flexibility index (Phi) is 17.6. The van der Waals surface area contributed by atoms with Gasteiger partial charge in [0.05, 0.1) is 6.42 Å². The topological polar surface area (TPSA) is 265 Å². The van der Waals surface area contributed by atoms with E-state index in [0.29, 0.717) is 12.3 Å². The van der Waals surface area contributed by atoms with E-state index in [1.165, 1.54) is 0 Å². The van der Waals surface area contributed by atoms with Crippen molar-refractivity contribution < 1.29 is 49.5 Å². The minimum absolute atomic E-state index is 0.0231. The summed E-state index contributed by atoms with van der Waals surface area (Å²) in [5, 5.41) is 40.6. The van der Waals surface area contributed by atoms with Crippen molar-refractivity contribution in [3.63, 3.8) is 0 Å². The van der Waals surface area contributed by atoms with Gasteiger partial charge in [0.2, 0.25) is 0 Å². The third-order valence-corrected chi connectivity index (χ3v) is 2.74. The summed E-state index contributed by atoms with van der Waals surface area (Å²) < 4.78 is 0. The molecule has 164 valence electrons. The molecule has 0 aliphatic heterocycles. The number of hydrogen-bond acceptors (Lipinski definition) is 8. The molecule has 0 heterocycles. The van der Waals surface area contributed by atoms with Gasteiger partial charge in [0.25, 0.3) is 0 Å². The van der Waals surface area contributed by atoms with Crippen LogP contribution in [0.15, 0.2) is 0 Å². The van der Waals surface area contributed by atoms with Crippen LogP contribution in [0.25, 0.3) is 0 Å². The largest absolute Gasteiger partial charge is 0.481 e. The van der Waals surface area contributed by atoms with Crippen molar-refractivity contribution >= 4 is 29.8 Å². The van der Waals surface area contributed by atoms with Crippen LogP contribution in [0.4, 0.5) is 0 Å². The second-order valence-corrected chi connectivity index (χ2v) is 5.99. The molecule has 0 aromatic heterocycles. The lowest BCUT2D eigenvalue weighted by atomic mass is 10.1. The Morgan fingerprint density at radius 3 is 1.25 bits per heavy atom. The van der Waals surface area contributed by atoms with Crippen molar-refractivity contribution in [2.45, 2.75) is 57.7 Å². The Balaban J connectivity index is -0.000000336. The Bertz CT molecular complexity index is 524. The lowest BCUT2D eigenvalue weighted by Crippen LogP contribution is -2.32. The van der Waals surface area contributed by atoms with E-state index in [0.717, 1.165) is 0 Å². The molecule has 11 N–H and O–H groups in total. The molecule has 0 unspecified atom stereocenters. The van der Waals surface area contributed by atoms with Gasteiger partial charge in [-0.2, -0.15) is 0 Å². The molecule has 13 heteroatoms. The summed E-state index contributed by atoms with van der Waals surface area (Å²) in [4.78, 5) is 49.6. The lowest BCUT2D eigenvalue weighted by Gasteiger charge is -2.07. The summed E-state index contributed by atoms with van der Waals surface area (Å²) >= 11 is 0. The SMILES string of the molecule is CC(C)C[C@H](N)C(=O)O.N[C@@H](CC(=O)O)C(=O)O.N[C@@H](CCC(=O)O)C(=O)O. The normalized spacial score (nSPS) is 12.9. The van der Waals surface area contributed by atoms with Crippen molar-refractivity contribution in [2.24, 2.45) is 23.1 Å². The van der Waals surface area contributed by atoms with Gasteiger partial charge in [-0.1, -0.05) is 13.8 Å². The molecule has 0 fully saturated rings. The fourth-order valence-electron chi connectivity index (χ4n) is 1.29. The number of hydrogen-bond donors (Lipinski definition) is 8. The molecular weight excluding hydrogens is 382 g/mol. The summed E-state index contributed by atoms with van der Waals surface area (Å²) in [5.41, 5.74) is 15.1. The zero-order chi connectivity index (χ0) is 23.0. The summed E-state index contributed by atoms with van der Waals surface area (Å²) in [6.45, 7) is 3.89. The monoisotopic (exact) mass is 411 g/mol. The molecule has 0 radical (unpaired) electrons. The number of nitrogens with two attached hydrogens (primary N) is 3. The van der Waals surface area contributed by atoms with Crippen LogP contribution < -0.4 is 17.2 Å². The Morgan fingerprint density at radius 1 is 0.679 bits per heavy atom. The second-order valence-electron chi connectivity index (χ2n) is 5.99. The van der Waals surface area contributed by atoms with Crippen molar-refractivity contribution in [3.05, 3.63) is 0 Å². The van der Waals surface area contributed by atoms with Crippen molar-refractivity contribution in [1.82, 2.24) is 0 Å². The predicted octanol–water partition coefficient (Wildman–Crippen LogP) is -1.42. The fraction of sp³-hybridized carbons (Fsp3) is 0.667. The highest BCUT2D eigenvalue weighted by atomic mass is 16.4. The molecule has 0 saturated heterocycles. The highest BCUT2D eigenvalue weighted by molar-refractivity contribution is 5.80. The average molecular weight is 411 g/mol. The van der Waals surface area contributed by atoms with E-state index in [2.05, 4.69) is 0 Å². The fourth-order valence-corrected chi connectivity index (χ4v) is 1.29. The van der Waals surface area contributed by atoms with Gasteiger partial charge in [0.1, 0.15) is 18.1 Å². The first kappa shape index (κ1) is 30.0. The van der Waals surface area contributed by atoms with Crippen LogP contribution in [0.5, 0.6) is 0 Å². The molecule has 0 aliphatic carbocycles. The van der Waals surface area contributed by atoms with Crippen molar-refractivity contribution in [1.29, 1.82) is 0 Å². The van der Waals surface area contributed by atoms with Crippen molar-refractivity contribution in [3.8, 4) is 0 Å². The van der Waals surface area contributed by atoms with Gasteiger partial charge in [0, 0.05) is 6.42 Å². The number of carboxylic acids is 5. The standard InChI is InChI=1S/C6H13NO2.C5H9NO4.C4H7NO4/c1-4(2)3-5(7)6(8)9;6-3(5(9)10)1-2-4(7)8;5-2(4(8)9)1-3(6)7/h4-5H,3,7H2,1-2H3,(H,8,9);3H,1-2,6H2,(H,7,8)(H,9,10);2H,1,5H2,(H,6,7)(H,8,9)/t5-;3-;2-/m000/s1. The minimum Gasteiger partial charge on any atom is -0.481 e. The molecule has 28 heavy (non-hydrogen) atoms. The van der Waals surface area contributed by atoms with E-state index < -0.39 is 54.4 Å². The first-order valence-corrected chi connectivity index (χ1v) is 8.00.